The lowest BCUT2D eigenvalue weighted by Crippen LogP contribution is -2.25. The molecule has 5 heteroatoms. The Labute approximate surface area is 164 Å². The van der Waals surface area contributed by atoms with E-state index < -0.39 is 0 Å². The SMILES string of the molecule is C=C1C=C(c2cc3cccn3cn2)Oc2ccc(OCCN3CCCC3)cc21. The van der Waals surface area contributed by atoms with Gasteiger partial charge in [-0.3, -0.25) is 4.90 Å². The highest BCUT2D eigenvalue weighted by Gasteiger charge is 2.19. The van der Waals surface area contributed by atoms with Crippen molar-refractivity contribution in [2.24, 2.45) is 0 Å². The highest BCUT2D eigenvalue weighted by Crippen LogP contribution is 2.37. The van der Waals surface area contributed by atoms with Crippen LogP contribution in [0.15, 0.2) is 61.6 Å². The second-order valence-electron chi connectivity index (χ2n) is 7.31. The van der Waals surface area contributed by atoms with E-state index >= 15 is 0 Å². The van der Waals surface area contributed by atoms with Crippen LogP contribution in [0.5, 0.6) is 11.5 Å². The van der Waals surface area contributed by atoms with E-state index in [2.05, 4.69) is 16.5 Å². The smallest absolute Gasteiger partial charge is 0.153 e. The number of ether oxygens (including phenoxy) is 2. The first-order valence-electron chi connectivity index (χ1n) is 9.77. The first-order chi connectivity index (χ1) is 13.8. The molecule has 0 unspecified atom stereocenters. The molecule has 28 heavy (non-hydrogen) atoms. The first kappa shape index (κ1) is 17.1. The van der Waals surface area contributed by atoms with Crippen LogP contribution in [0.3, 0.4) is 0 Å². The molecule has 0 bridgehead atoms. The molecule has 0 amide bonds. The van der Waals surface area contributed by atoms with Gasteiger partial charge < -0.3 is 13.9 Å². The number of hydrogen-bond donors (Lipinski definition) is 0. The van der Waals surface area contributed by atoms with Crippen molar-refractivity contribution in [1.29, 1.82) is 0 Å². The molecule has 2 aliphatic rings. The molecule has 142 valence electrons. The number of aromatic nitrogens is 2. The highest BCUT2D eigenvalue weighted by atomic mass is 16.5. The Morgan fingerprint density at radius 1 is 1.14 bits per heavy atom. The number of likely N-dealkylation sites (tertiary alicyclic amines) is 1. The molecule has 2 aliphatic heterocycles. The molecule has 0 atom stereocenters. The quantitative estimate of drug-likeness (QED) is 0.670. The van der Waals surface area contributed by atoms with Gasteiger partial charge in [0.15, 0.2) is 5.76 Å². The number of allylic oxidation sites excluding steroid dienone is 2. The van der Waals surface area contributed by atoms with Crippen molar-refractivity contribution in [3.8, 4) is 11.5 Å². The van der Waals surface area contributed by atoms with Gasteiger partial charge in [0.25, 0.3) is 0 Å². The fraction of sp³-hybridized carbons (Fsp3) is 0.261. The van der Waals surface area contributed by atoms with Crippen LogP contribution in [0, 0.1) is 0 Å². The molecule has 5 rings (SSSR count). The van der Waals surface area contributed by atoms with Crippen LogP contribution >= 0.6 is 0 Å². The van der Waals surface area contributed by atoms with Crippen LogP contribution in [-0.2, 0) is 0 Å². The summed E-state index contributed by atoms with van der Waals surface area (Å²) in [6.45, 7) is 8.27. The third-order valence-corrected chi connectivity index (χ3v) is 5.37. The average molecular weight is 373 g/mol. The van der Waals surface area contributed by atoms with Crippen LogP contribution in [0.2, 0.25) is 0 Å². The van der Waals surface area contributed by atoms with Crippen molar-refractivity contribution in [3.05, 3.63) is 72.8 Å². The molecule has 0 radical (unpaired) electrons. The van der Waals surface area contributed by atoms with Crippen molar-refractivity contribution in [2.45, 2.75) is 12.8 Å². The van der Waals surface area contributed by atoms with E-state index in [0.717, 1.165) is 40.4 Å². The minimum Gasteiger partial charge on any atom is -0.492 e. The van der Waals surface area contributed by atoms with E-state index in [1.807, 2.05) is 53.1 Å². The molecule has 2 aromatic heterocycles. The molecule has 5 nitrogen and oxygen atoms in total. The lowest BCUT2D eigenvalue weighted by atomic mass is 10.0. The molecule has 1 saturated heterocycles. The predicted molar refractivity (Wildman–Crippen MR) is 110 cm³/mol. The van der Waals surface area contributed by atoms with E-state index in [9.17, 15) is 0 Å². The number of nitrogens with zero attached hydrogens (tertiary/aromatic N) is 3. The van der Waals surface area contributed by atoms with Gasteiger partial charge in [-0.15, -0.1) is 0 Å². The van der Waals surface area contributed by atoms with Gasteiger partial charge in [0.05, 0.1) is 6.33 Å². The van der Waals surface area contributed by atoms with Crippen LogP contribution in [0.25, 0.3) is 16.8 Å². The lowest BCUT2D eigenvalue weighted by molar-refractivity contribution is 0.237. The van der Waals surface area contributed by atoms with Crippen LogP contribution < -0.4 is 9.47 Å². The zero-order valence-corrected chi connectivity index (χ0v) is 15.8. The Morgan fingerprint density at radius 3 is 2.93 bits per heavy atom. The van der Waals surface area contributed by atoms with Crippen molar-refractivity contribution < 1.29 is 9.47 Å². The third-order valence-electron chi connectivity index (χ3n) is 5.37. The predicted octanol–water partition coefficient (Wildman–Crippen LogP) is 4.26. The van der Waals surface area contributed by atoms with Gasteiger partial charge >= 0.3 is 0 Å². The fourth-order valence-electron chi connectivity index (χ4n) is 3.82. The number of hydrogen-bond acceptors (Lipinski definition) is 4. The summed E-state index contributed by atoms with van der Waals surface area (Å²) >= 11 is 0. The zero-order valence-electron chi connectivity index (χ0n) is 15.8. The second-order valence-corrected chi connectivity index (χ2v) is 7.31. The van der Waals surface area contributed by atoms with Crippen LogP contribution in [-0.4, -0.2) is 40.5 Å². The molecule has 4 heterocycles. The Bertz CT molecular complexity index is 1060. The van der Waals surface area contributed by atoms with Gasteiger partial charge in [-0.05, 0) is 74.0 Å². The van der Waals surface area contributed by atoms with Crippen molar-refractivity contribution in [1.82, 2.24) is 14.3 Å². The number of fused-ring (bicyclic) bond motifs is 2. The summed E-state index contributed by atoms with van der Waals surface area (Å²) in [5.41, 5.74) is 3.74. The summed E-state index contributed by atoms with van der Waals surface area (Å²) in [6.07, 6.45) is 8.32. The summed E-state index contributed by atoms with van der Waals surface area (Å²) in [4.78, 5) is 6.95. The van der Waals surface area contributed by atoms with Gasteiger partial charge in [0.1, 0.15) is 23.8 Å². The zero-order chi connectivity index (χ0) is 18.9. The highest BCUT2D eigenvalue weighted by molar-refractivity contribution is 5.87. The van der Waals surface area contributed by atoms with Crippen molar-refractivity contribution >= 4 is 16.8 Å². The second kappa shape index (κ2) is 7.17. The molecule has 1 aromatic carbocycles. The molecular weight excluding hydrogens is 350 g/mol. The Morgan fingerprint density at radius 2 is 2.04 bits per heavy atom. The van der Waals surface area contributed by atoms with E-state index in [0.29, 0.717) is 12.4 Å². The molecule has 3 aromatic rings. The maximum atomic E-state index is 6.12. The van der Waals surface area contributed by atoms with E-state index in [1.54, 1.807) is 6.33 Å². The first-order valence-corrected chi connectivity index (χ1v) is 9.77. The molecule has 0 aliphatic carbocycles. The maximum Gasteiger partial charge on any atom is 0.153 e. The Kier molecular flexibility index (Phi) is 4.37. The van der Waals surface area contributed by atoms with Crippen LogP contribution in [0.4, 0.5) is 0 Å². The summed E-state index contributed by atoms with van der Waals surface area (Å²) in [6, 6.07) is 12.0. The monoisotopic (exact) mass is 373 g/mol. The normalized spacial score (nSPS) is 16.7. The standard InChI is InChI=1S/C23H23N3O2/c1-17-13-23(21-14-18-5-4-10-26(18)16-24-21)28-22-7-6-19(15-20(17)22)27-12-11-25-8-2-3-9-25/h4-7,10,13-16H,1-3,8-9,11-12H2. The fourth-order valence-corrected chi connectivity index (χ4v) is 3.82. The Hall–Kier alpha value is -3.05. The summed E-state index contributed by atoms with van der Waals surface area (Å²) in [5, 5.41) is 0. The molecule has 1 fully saturated rings. The van der Waals surface area contributed by atoms with Gasteiger partial charge in [0.2, 0.25) is 0 Å². The lowest BCUT2D eigenvalue weighted by Gasteiger charge is -2.21. The summed E-state index contributed by atoms with van der Waals surface area (Å²) < 4.78 is 14.1. The number of rotatable bonds is 5. The minimum absolute atomic E-state index is 0.703. The summed E-state index contributed by atoms with van der Waals surface area (Å²) in [7, 11) is 0. The molecule has 0 saturated carbocycles. The number of benzene rings is 1. The largest absolute Gasteiger partial charge is 0.492 e. The molecule has 0 N–H and O–H groups in total. The molecule has 0 spiro atoms. The van der Waals surface area contributed by atoms with Crippen molar-refractivity contribution in [3.63, 3.8) is 0 Å². The van der Waals surface area contributed by atoms with Crippen molar-refractivity contribution in [2.75, 3.05) is 26.2 Å². The molecular formula is C23H23N3O2. The Balaban J connectivity index is 1.31. The summed E-state index contributed by atoms with van der Waals surface area (Å²) in [5.74, 6) is 2.35. The van der Waals surface area contributed by atoms with E-state index in [-0.39, 0.29) is 0 Å². The van der Waals surface area contributed by atoms with Gasteiger partial charge in [-0.1, -0.05) is 6.58 Å². The van der Waals surface area contributed by atoms with Gasteiger partial charge in [0, 0.05) is 23.8 Å². The van der Waals surface area contributed by atoms with Crippen LogP contribution in [0.1, 0.15) is 24.1 Å². The van der Waals surface area contributed by atoms with Gasteiger partial charge in [-0.2, -0.15) is 0 Å². The van der Waals surface area contributed by atoms with Gasteiger partial charge in [-0.25, -0.2) is 4.98 Å². The maximum absolute atomic E-state index is 6.12. The topological polar surface area (TPSA) is 39.0 Å². The minimum atomic E-state index is 0.703. The van der Waals surface area contributed by atoms with E-state index in [4.69, 9.17) is 9.47 Å². The van der Waals surface area contributed by atoms with E-state index in [1.165, 1.54) is 25.9 Å². The average Bonchev–Trinajstić information content (AvgIpc) is 3.39. The third kappa shape index (κ3) is 3.29.